The zero-order valence-corrected chi connectivity index (χ0v) is 22.8. The zero-order valence-electron chi connectivity index (χ0n) is 22.0. The quantitative estimate of drug-likeness (QED) is 0.200. The van der Waals surface area contributed by atoms with E-state index in [-0.39, 0.29) is 38.7 Å². The first-order valence-electron chi connectivity index (χ1n) is 12.6. The molecule has 5 rings (SSSR count). The van der Waals surface area contributed by atoms with Gasteiger partial charge in [-0.1, -0.05) is 48.9 Å². The summed E-state index contributed by atoms with van der Waals surface area (Å²) in [4.78, 5) is 29.1. The molecule has 2 aromatic carbocycles. The van der Waals surface area contributed by atoms with Gasteiger partial charge in [-0.3, -0.25) is 9.59 Å². The summed E-state index contributed by atoms with van der Waals surface area (Å²) in [5.74, 6) is -0.724. The number of primary amides is 1. The molecule has 7 nitrogen and oxygen atoms in total. The second-order valence-corrected chi connectivity index (χ2v) is 10.3. The summed E-state index contributed by atoms with van der Waals surface area (Å²) in [6.07, 6.45) is -3.83. The van der Waals surface area contributed by atoms with Crippen LogP contribution in [0.4, 0.5) is 18.9 Å². The molecule has 0 aliphatic heterocycles. The molecule has 0 radical (unpaired) electrons. The van der Waals surface area contributed by atoms with Gasteiger partial charge in [0.25, 0.3) is 11.8 Å². The number of nitrogens with zero attached hydrogens (tertiary/aromatic N) is 1. The minimum absolute atomic E-state index is 0.0375. The number of hydrogen-bond donors (Lipinski definition) is 2. The molecule has 2 amide bonds. The number of amides is 2. The Morgan fingerprint density at radius 3 is 2.39 bits per heavy atom. The Morgan fingerprint density at radius 1 is 1.05 bits per heavy atom. The fourth-order valence-electron chi connectivity index (χ4n) is 4.23. The van der Waals surface area contributed by atoms with Crippen LogP contribution in [0.25, 0.3) is 21.3 Å². The molecule has 11 heteroatoms. The summed E-state index contributed by atoms with van der Waals surface area (Å²) < 4.78 is 52.6. The molecule has 41 heavy (non-hydrogen) atoms. The molecule has 0 fully saturated rings. The summed E-state index contributed by atoms with van der Waals surface area (Å²) in [6, 6.07) is 18.3. The third kappa shape index (κ3) is 5.94. The summed E-state index contributed by atoms with van der Waals surface area (Å²) in [7, 11) is 0. The SMILES string of the molecule is CCc1ccc(OCc2ccc(C(=O)Nc3c(C(N)=O)sc4nc(C(F)(F)F)cc(-c5ccc(C)cc5)c34)o2)cc1. The standard InChI is InChI=1S/C30H24F3N3O4S/c1-3-17-6-10-19(11-7-17)39-15-20-12-13-22(40-20)28(38)36-25-24-21(18-8-4-16(2)5-9-18)14-23(30(31,32)33)35-29(24)41-26(25)27(34)37/h4-14H,3,15H2,1-2H3,(H2,34,37)(H,36,38). The van der Waals surface area contributed by atoms with E-state index in [1.807, 2.05) is 31.2 Å². The van der Waals surface area contributed by atoms with Crippen molar-refractivity contribution >= 4 is 39.1 Å². The second kappa shape index (κ2) is 11.1. The molecule has 0 saturated heterocycles. The van der Waals surface area contributed by atoms with Gasteiger partial charge in [0.1, 0.15) is 33.5 Å². The third-order valence-electron chi connectivity index (χ3n) is 6.38. The number of halogens is 3. The van der Waals surface area contributed by atoms with E-state index in [0.717, 1.165) is 18.1 Å². The lowest BCUT2D eigenvalue weighted by Gasteiger charge is -2.12. The number of carbonyl (C=O) groups excluding carboxylic acids is 2. The van der Waals surface area contributed by atoms with Gasteiger partial charge in [-0.2, -0.15) is 13.2 Å². The van der Waals surface area contributed by atoms with Crippen LogP contribution in [0.5, 0.6) is 5.75 Å². The number of fused-ring (bicyclic) bond motifs is 1. The molecule has 3 aromatic heterocycles. The van der Waals surface area contributed by atoms with E-state index in [9.17, 15) is 22.8 Å². The van der Waals surface area contributed by atoms with Gasteiger partial charge in [-0.25, -0.2) is 4.98 Å². The first-order chi connectivity index (χ1) is 19.5. The maximum atomic E-state index is 13.7. The Hall–Kier alpha value is -4.64. The number of hydrogen-bond acceptors (Lipinski definition) is 6. The van der Waals surface area contributed by atoms with Crippen LogP contribution in [0.1, 0.15) is 49.7 Å². The van der Waals surface area contributed by atoms with Crippen LogP contribution in [0.2, 0.25) is 0 Å². The number of benzene rings is 2. The van der Waals surface area contributed by atoms with Crippen molar-refractivity contribution in [1.29, 1.82) is 0 Å². The van der Waals surface area contributed by atoms with Crippen molar-refractivity contribution in [3.05, 3.63) is 99.9 Å². The highest BCUT2D eigenvalue weighted by Crippen LogP contribution is 2.43. The maximum Gasteiger partial charge on any atom is 0.433 e. The lowest BCUT2D eigenvalue weighted by atomic mass is 10.00. The first-order valence-corrected chi connectivity index (χ1v) is 13.4. The number of aromatic nitrogens is 1. The number of pyridine rings is 1. The second-order valence-electron chi connectivity index (χ2n) is 9.28. The number of rotatable bonds is 8. The highest BCUT2D eigenvalue weighted by Gasteiger charge is 2.35. The number of alkyl halides is 3. The number of nitrogens with one attached hydrogen (secondary N) is 1. The van der Waals surface area contributed by atoms with Crippen LogP contribution in [0.15, 0.2) is 71.1 Å². The fraction of sp³-hybridized carbons (Fsp3) is 0.167. The molecule has 5 aromatic rings. The number of ether oxygens (including phenoxy) is 1. The van der Waals surface area contributed by atoms with Crippen molar-refractivity contribution in [3.63, 3.8) is 0 Å². The van der Waals surface area contributed by atoms with E-state index in [1.165, 1.54) is 11.6 Å². The Morgan fingerprint density at radius 2 is 1.76 bits per heavy atom. The van der Waals surface area contributed by atoms with Gasteiger partial charge < -0.3 is 20.2 Å². The zero-order chi connectivity index (χ0) is 29.3. The summed E-state index contributed by atoms with van der Waals surface area (Å²) in [5, 5.41) is 2.79. The molecular formula is C30H24F3N3O4S. The van der Waals surface area contributed by atoms with Crippen molar-refractivity contribution < 1.29 is 31.9 Å². The summed E-state index contributed by atoms with van der Waals surface area (Å²) >= 11 is 0.674. The molecule has 0 spiro atoms. The monoisotopic (exact) mass is 579 g/mol. The summed E-state index contributed by atoms with van der Waals surface area (Å²) in [6.45, 7) is 3.96. The van der Waals surface area contributed by atoms with E-state index in [1.54, 1.807) is 30.3 Å². The normalized spacial score (nSPS) is 11.5. The number of thiophene rings is 1. The predicted molar refractivity (Wildman–Crippen MR) is 150 cm³/mol. The van der Waals surface area contributed by atoms with Crippen LogP contribution >= 0.6 is 11.3 Å². The van der Waals surface area contributed by atoms with Gasteiger partial charge in [0.05, 0.1) is 5.69 Å². The molecule has 0 bridgehead atoms. The van der Waals surface area contributed by atoms with E-state index in [4.69, 9.17) is 14.9 Å². The minimum atomic E-state index is -4.74. The maximum absolute atomic E-state index is 13.7. The van der Waals surface area contributed by atoms with Gasteiger partial charge in [0.2, 0.25) is 0 Å². The molecule has 0 unspecified atom stereocenters. The lowest BCUT2D eigenvalue weighted by Crippen LogP contribution is -2.16. The number of furan rings is 1. The highest BCUT2D eigenvalue weighted by atomic mass is 32.1. The van der Waals surface area contributed by atoms with Crippen molar-refractivity contribution in [2.24, 2.45) is 5.73 Å². The Labute approximate surface area is 236 Å². The van der Waals surface area contributed by atoms with E-state index in [0.29, 0.717) is 28.4 Å². The van der Waals surface area contributed by atoms with Gasteiger partial charge in [0, 0.05) is 5.39 Å². The molecular weight excluding hydrogens is 555 g/mol. The summed E-state index contributed by atoms with van der Waals surface area (Å²) in [5.41, 5.74) is 7.07. The Kier molecular flexibility index (Phi) is 7.55. The number of carbonyl (C=O) groups is 2. The molecule has 0 aliphatic rings. The van der Waals surface area contributed by atoms with Crippen LogP contribution in [0, 0.1) is 6.92 Å². The van der Waals surface area contributed by atoms with E-state index >= 15 is 0 Å². The minimum Gasteiger partial charge on any atom is -0.486 e. The molecule has 210 valence electrons. The van der Waals surface area contributed by atoms with Crippen molar-refractivity contribution in [2.75, 3.05) is 5.32 Å². The Balaban J connectivity index is 1.49. The largest absolute Gasteiger partial charge is 0.486 e. The van der Waals surface area contributed by atoms with Crippen molar-refractivity contribution in [1.82, 2.24) is 4.98 Å². The first kappa shape index (κ1) is 27.9. The van der Waals surface area contributed by atoms with Gasteiger partial charge >= 0.3 is 6.18 Å². The lowest BCUT2D eigenvalue weighted by molar-refractivity contribution is -0.140. The number of nitrogens with two attached hydrogens (primary N) is 1. The Bertz CT molecular complexity index is 1740. The average molecular weight is 580 g/mol. The van der Waals surface area contributed by atoms with Crippen LogP contribution in [-0.2, 0) is 19.2 Å². The third-order valence-corrected chi connectivity index (χ3v) is 7.47. The number of anilines is 1. The molecule has 0 aliphatic carbocycles. The van der Waals surface area contributed by atoms with Gasteiger partial charge in [0.15, 0.2) is 5.76 Å². The van der Waals surface area contributed by atoms with E-state index < -0.39 is 23.7 Å². The van der Waals surface area contributed by atoms with Crippen LogP contribution in [-0.4, -0.2) is 16.8 Å². The molecule has 0 saturated carbocycles. The predicted octanol–water partition coefficient (Wildman–Crippen LogP) is 7.38. The number of aryl methyl sites for hydroxylation is 2. The highest BCUT2D eigenvalue weighted by molar-refractivity contribution is 7.21. The molecule has 3 N–H and O–H groups in total. The topological polar surface area (TPSA) is 107 Å². The van der Waals surface area contributed by atoms with Crippen LogP contribution in [0.3, 0.4) is 0 Å². The molecule has 0 atom stereocenters. The van der Waals surface area contributed by atoms with Crippen LogP contribution < -0.4 is 15.8 Å². The fourth-order valence-corrected chi connectivity index (χ4v) is 5.23. The van der Waals surface area contributed by atoms with E-state index in [2.05, 4.69) is 17.2 Å². The average Bonchev–Trinajstić information content (AvgIpc) is 3.57. The smallest absolute Gasteiger partial charge is 0.433 e. The van der Waals surface area contributed by atoms with Crippen molar-refractivity contribution in [2.45, 2.75) is 33.1 Å². The van der Waals surface area contributed by atoms with Gasteiger partial charge in [-0.15, -0.1) is 11.3 Å². The van der Waals surface area contributed by atoms with Crippen molar-refractivity contribution in [3.8, 4) is 16.9 Å². The molecule has 3 heterocycles. The van der Waals surface area contributed by atoms with Gasteiger partial charge in [-0.05, 0) is 60.4 Å².